The molecule has 0 atom stereocenters. The van der Waals surface area contributed by atoms with E-state index in [-0.39, 0.29) is 5.56 Å². The van der Waals surface area contributed by atoms with Gasteiger partial charge in [-0.15, -0.1) is 4.91 Å². The highest BCUT2D eigenvalue weighted by Crippen LogP contribution is 1.94. The Morgan fingerprint density at radius 2 is 1.85 bits per heavy atom. The minimum atomic E-state index is -0.192. The fraction of sp³-hybridized carbons (Fsp3) is 0. The van der Waals surface area contributed by atoms with E-state index >= 15 is 0 Å². The summed E-state index contributed by atoms with van der Waals surface area (Å²) in [4.78, 5) is 31.7. The van der Waals surface area contributed by atoms with Gasteiger partial charge in [0.05, 0.1) is 12.7 Å². The number of fused-ring (bicyclic) bond motifs is 1. The van der Waals surface area contributed by atoms with Crippen molar-refractivity contribution in [2.45, 2.75) is 0 Å². The zero-order chi connectivity index (χ0) is 9.68. The second kappa shape index (κ2) is 3.95. The number of hydrogen-bond acceptors (Lipinski definition) is 5. The summed E-state index contributed by atoms with van der Waals surface area (Å²) in [5.41, 5.74) is 0.675. The Hall–Kier alpha value is -2.25. The maximum absolute atomic E-state index is 10.9. The molecule has 2 heterocycles. The Kier molecular flexibility index (Phi) is 2.69. The molecule has 2 rings (SSSR count). The van der Waals surface area contributed by atoms with Crippen molar-refractivity contribution in [1.29, 1.82) is 0 Å². The molecule has 8 nitrogen and oxygen atoms in total. The van der Waals surface area contributed by atoms with E-state index in [4.69, 9.17) is 10.1 Å². The largest absolute Gasteiger partial charge is 0.379 e. The lowest BCUT2D eigenvalue weighted by molar-refractivity contribution is 0.312. The summed E-state index contributed by atoms with van der Waals surface area (Å²) < 4.78 is 0. The lowest BCUT2D eigenvalue weighted by atomic mass is 10.6. The van der Waals surface area contributed by atoms with Crippen molar-refractivity contribution in [3.05, 3.63) is 27.9 Å². The Morgan fingerprint density at radius 3 is 2.38 bits per heavy atom. The molecule has 0 bridgehead atoms. The van der Waals surface area contributed by atoms with Gasteiger partial charge in [0.2, 0.25) is 0 Å². The van der Waals surface area contributed by atoms with Gasteiger partial charge < -0.3 is 15.2 Å². The number of aromatic amines is 2. The highest BCUT2D eigenvalue weighted by molar-refractivity contribution is 5.67. The molecule has 0 aliphatic carbocycles. The minimum Gasteiger partial charge on any atom is -0.379 e. The molecule has 13 heavy (non-hydrogen) atoms. The highest BCUT2D eigenvalue weighted by Gasteiger charge is 1.97. The van der Waals surface area contributed by atoms with Crippen LogP contribution in [-0.2, 0) is 0 Å². The van der Waals surface area contributed by atoms with E-state index in [1.807, 2.05) is 0 Å². The average Bonchev–Trinajstić information content (AvgIpc) is 2.54. The number of imidazole rings is 1. The van der Waals surface area contributed by atoms with Crippen LogP contribution in [0.5, 0.6) is 0 Å². The van der Waals surface area contributed by atoms with Gasteiger partial charge in [-0.1, -0.05) is 0 Å². The van der Waals surface area contributed by atoms with Crippen LogP contribution in [-0.4, -0.2) is 25.1 Å². The van der Waals surface area contributed by atoms with Gasteiger partial charge in [0.25, 0.3) is 5.56 Å². The quantitative estimate of drug-likeness (QED) is 0.385. The molecular weight excluding hydrogens is 178 g/mol. The third-order valence-corrected chi connectivity index (χ3v) is 1.23. The first-order valence-electron chi connectivity index (χ1n) is 3.13. The predicted molar refractivity (Wildman–Crippen MR) is 42.1 cm³/mol. The van der Waals surface area contributed by atoms with Crippen LogP contribution in [0.15, 0.2) is 22.8 Å². The van der Waals surface area contributed by atoms with Gasteiger partial charge in [0, 0.05) is 0 Å². The average molecular weight is 183 g/mol. The Bertz CT molecular complexity index is 446. The topological polar surface area (TPSA) is 124 Å². The van der Waals surface area contributed by atoms with Crippen LogP contribution in [0.4, 0.5) is 0 Å². The molecule has 0 aliphatic heterocycles. The van der Waals surface area contributed by atoms with Crippen molar-refractivity contribution in [2.75, 3.05) is 0 Å². The SMILES string of the molecule is O=NO.O=c1[nH]cnc2nc[nH]c12. The molecule has 3 N–H and O–H groups in total. The number of hydrogen-bond donors (Lipinski definition) is 3. The molecule has 0 saturated heterocycles. The molecular formula is C5H5N5O3. The van der Waals surface area contributed by atoms with Crippen LogP contribution in [0, 0.1) is 4.91 Å². The third kappa shape index (κ3) is 1.86. The lowest BCUT2D eigenvalue weighted by Crippen LogP contribution is -2.05. The zero-order valence-corrected chi connectivity index (χ0v) is 6.26. The number of nitrogens with zero attached hydrogens (tertiary/aromatic N) is 3. The monoisotopic (exact) mass is 183 g/mol. The van der Waals surface area contributed by atoms with Crippen LogP contribution in [0.1, 0.15) is 0 Å². The van der Waals surface area contributed by atoms with E-state index in [0.717, 1.165) is 0 Å². The summed E-state index contributed by atoms with van der Waals surface area (Å²) in [5.74, 6) is 0. The molecule has 0 unspecified atom stereocenters. The molecule has 2 aromatic rings. The van der Waals surface area contributed by atoms with E-state index in [0.29, 0.717) is 11.2 Å². The van der Waals surface area contributed by atoms with Crippen molar-refractivity contribution in [1.82, 2.24) is 19.9 Å². The van der Waals surface area contributed by atoms with E-state index in [9.17, 15) is 4.79 Å². The van der Waals surface area contributed by atoms with E-state index in [2.05, 4.69) is 19.9 Å². The maximum atomic E-state index is 10.9. The first-order valence-corrected chi connectivity index (χ1v) is 3.13. The molecule has 0 aliphatic rings. The van der Waals surface area contributed by atoms with Crippen LogP contribution in [0.2, 0.25) is 0 Å². The fourth-order valence-corrected chi connectivity index (χ4v) is 0.776. The van der Waals surface area contributed by atoms with Gasteiger partial charge in [-0.2, -0.15) is 0 Å². The standard InChI is InChI=1S/C5H4N4O.HNO2/c10-5-3-4(7-1-6-3)8-2-9-5;2-1-3/h1-2H,(H2,6,7,8,9,10);(H,2,3). The number of rotatable bonds is 0. The lowest BCUT2D eigenvalue weighted by Gasteiger charge is -1.81. The summed E-state index contributed by atoms with van der Waals surface area (Å²) in [6.07, 6.45) is 2.76. The van der Waals surface area contributed by atoms with Gasteiger partial charge in [-0.05, 0) is 0 Å². The summed E-state index contributed by atoms with van der Waals surface area (Å²) in [6.45, 7) is 0. The van der Waals surface area contributed by atoms with E-state index < -0.39 is 0 Å². The summed E-state index contributed by atoms with van der Waals surface area (Å²) in [5, 5.41) is 7.89. The van der Waals surface area contributed by atoms with Crippen LogP contribution >= 0.6 is 0 Å². The van der Waals surface area contributed by atoms with Crippen molar-refractivity contribution >= 4 is 11.2 Å². The molecule has 0 amide bonds. The van der Waals surface area contributed by atoms with Crippen molar-refractivity contribution in [3.8, 4) is 0 Å². The molecule has 0 radical (unpaired) electrons. The molecule has 0 spiro atoms. The molecule has 68 valence electrons. The summed E-state index contributed by atoms with van der Waals surface area (Å²) in [6, 6.07) is 0. The zero-order valence-electron chi connectivity index (χ0n) is 6.26. The molecule has 2 aromatic heterocycles. The van der Waals surface area contributed by atoms with E-state index in [1.54, 1.807) is 0 Å². The smallest absolute Gasteiger partial charge is 0.276 e. The second-order valence-electron chi connectivity index (χ2n) is 1.91. The number of H-pyrrole nitrogens is 2. The molecule has 0 fully saturated rings. The van der Waals surface area contributed by atoms with Gasteiger partial charge in [0.15, 0.2) is 16.5 Å². The van der Waals surface area contributed by atoms with Crippen molar-refractivity contribution in [3.63, 3.8) is 0 Å². The van der Waals surface area contributed by atoms with Crippen LogP contribution < -0.4 is 5.56 Å². The summed E-state index contributed by atoms with van der Waals surface area (Å²) in [7, 11) is 0. The number of aromatic nitrogens is 4. The first-order chi connectivity index (χ1) is 6.29. The minimum absolute atomic E-state index is 0.192. The van der Waals surface area contributed by atoms with Crippen molar-refractivity contribution < 1.29 is 5.21 Å². The highest BCUT2D eigenvalue weighted by atomic mass is 16.6. The Morgan fingerprint density at radius 1 is 1.31 bits per heavy atom. The Labute approximate surface area is 70.6 Å². The maximum Gasteiger partial charge on any atom is 0.276 e. The van der Waals surface area contributed by atoms with Crippen LogP contribution in [0.3, 0.4) is 0 Å². The predicted octanol–water partition coefficient (Wildman–Crippen LogP) is -0.212. The first kappa shape index (κ1) is 8.84. The Balaban J connectivity index is 0.000000251. The molecule has 8 heteroatoms. The fourth-order valence-electron chi connectivity index (χ4n) is 0.776. The second-order valence-corrected chi connectivity index (χ2v) is 1.91. The normalized spacial score (nSPS) is 8.92. The third-order valence-electron chi connectivity index (χ3n) is 1.23. The summed E-state index contributed by atoms with van der Waals surface area (Å²) >= 11 is 0. The van der Waals surface area contributed by atoms with Crippen molar-refractivity contribution in [2.24, 2.45) is 5.34 Å². The van der Waals surface area contributed by atoms with Gasteiger partial charge in [-0.3, -0.25) is 4.79 Å². The van der Waals surface area contributed by atoms with Gasteiger partial charge >= 0.3 is 0 Å². The molecule has 0 aromatic carbocycles. The van der Waals surface area contributed by atoms with Gasteiger partial charge in [0.1, 0.15) is 0 Å². The van der Waals surface area contributed by atoms with Gasteiger partial charge in [-0.25, -0.2) is 9.97 Å². The molecule has 0 saturated carbocycles. The van der Waals surface area contributed by atoms with Crippen LogP contribution in [0.25, 0.3) is 11.2 Å². The van der Waals surface area contributed by atoms with E-state index in [1.165, 1.54) is 18.0 Å². The number of nitrogens with one attached hydrogen (secondary N) is 2.